The fraction of sp³-hybridized carbons (Fsp3) is 0.364. The number of fused-ring (bicyclic) bond motifs is 1. The van der Waals surface area contributed by atoms with Gasteiger partial charge in [0.15, 0.2) is 0 Å². The molecule has 4 rings (SSSR count). The third-order valence-corrected chi connectivity index (χ3v) is 5.10. The van der Waals surface area contributed by atoms with E-state index in [1.807, 2.05) is 44.2 Å². The summed E-state index contributed by atoms with van der Waals surface area (Å²) in [4.78, 5) is 30.9. The standard InChI is InChI=1S/C22H23N3O4/c1-13(2)20-19-16(10-17(15-8-9-15)23-21(19)29-24-20)22(28)25(12-18(26)27)11-14-6-4-3-5-7-14/h3-7,10,13,15H,8-9,11-12H2,1-2H3,(H,26,27). The Morgan fingerprint density at radius 3 is 2.59 bits per heavy atom. The maximum Gasteiger partial charge on any atom is 0.323 e. The first-order valence-electron chi connectivity index (χ1n) is 9.79. The van der Waals surface area contributed by atoms with Gasteiger partial charge in [0.25, 0.3) is 11.6 Å². The smallest absolute Gasteiger partial charge is 0.323 e. The van der Waals surface area contributed by atoms with Gasteiger partial charge in [0.05, 0.1) is 16.6 Å². The average molecular weight is 393 g/mol. The minimum absolute atomic E-state index is 0.0402. The number of carboxylic acids is 1. The molecule has 0 radical (unpaired) electrons. The predicted molar refractivity (Wildman–Crippen MR) is 107 cm³/mol. The van der Waals surface area contributed by atoms with Crippen molar-refractivity contribution in [3.05, 3.63) is 58.9 Å². The van der Waals surface area contributed by atoms with Crippen molar-refractivity contribution in [3.63, 3.8) is 0 Å². The molecule has 2 aromatic heterocycles. The fourth-order valence-electron chi connectivity index (χ4n) is 3.48. The minimum Gasteiger partial charge on any atom is -0.480 e. The minimum atomic E-state index is -1.06. The molecule has 0 bridgehead atoms. The zero-order chi connectivity index (χ0) is 20.5. The van der Waals surface area contributed by atoms with Gasteiger partial charge in [-0.25, -0.2) is 4.98 Å². The Balaban J connectivity index is 1.80. The number of aromatic nitrogens is 2. The SMILES string of the molecule is CC(C)c1noc2nc(C3CC3)cc(C(=O)N(CC(=O)O)Cc3ccccc3)c12. The Bertz CT molecular complexity index is 1050. The predicted octanol–water partition coefficient (Wildman–Crippen LogP) is 3.95. The molecule has 29 heavy (non-hydrogen) atoms. The summed E-state index contributed by atoms with van der Waals surface area (Å²) < 4.78 is 5.45. The van der Waals surface area contributed by atoms with Gasteiger partial charge in [0, 0.05) is 18.2 Å². The molecule has 0 unspecified atom stereocenters. The van der Waals surface area contributed by atoms with Gasteiger partial charge in [-0.2, -0.15) is 0 Å². The summed E-state index contributed by atoms with van der Waals surface area (Å²) >= 11 is 0. The number of aliphatic carboxylic acids is 1. The van der Waals surface area contributed by atoms with E-state index in [0.717, 1.165) is 24.1 Å². The summed E-state index contributed by atoms with van der Waals surface area (Å²) in [5.74, 6) is -1.05. The summed E-state index contributed by atoms with van der Waals surface area (Å²) in [6.07, 6.45) is 2.06. The van der Waals surface area contributed by atoms with Crippen molar-refractivity contribution in [1.29, 1.82) is 0 Å². The van der Waals surface area contributed by atoms with E-state index in [1.165, 1.54) is 4.90 Å². The molecule has 150 valence electrons. The molecule has 1 aliphatic carbocycles. The first kappa shape index (κ1) is 19.1. The highest BCUT2D eigenvalue weighted by Gasteiger charge is 2.31. The molecule has 0 atom stereocenters. The molecule has 0 spiro atoms. The van der Waals surface area contributed by atoms with Crippen molar-refractivity contribution >= 4 is 23.0 Å². The molecular weight excluding hydrogens is 370 g/mol. The van der Waals surface area contributed by atoms with E-state index in [9.17, 15) is 14.7 Å². The molecule has 1 amide bonds. The van der Waals surface area contributed by atoms with Crippen molar-refractivity contribution in [2.75, 3.05) is 6.54 Å². The number of rotatable bonds is 7. The second-order valence-electron chi connectivity index (χ2n) is 7.81. The number of pyridine rings is 1. The number of carboxylic acid groups (broad SMARTS) is 1. The van der Waals surface area contributed by atoms with E-state index >= 15 is 0 Å². The van der Waals surface area contributed by atoms with Crippen molar-refractivity contribution in [2.45, 2.75) is 45.1 Å². The van der Waals surface area contributed by atoms with Gasteiger partial charge >= 0.3 is 5.97 Å². The Labute approximate surface area is 168 Å². The van der Waals surface area contributed by atoms with Crippen LogP contribution in [0.1, 0.15) is 65.8 Å². The molecule has 7 nitrogen and oxygen atoms in total. The van der Waals surface area contributed by atoms with Crippen LogP contribution in [0.25, 0.3) is 11.1 Å². The van der Waals surface area contributed by atoms with Crippen LogP contribution in [0.5, 0.6) is 0 Å². The van der Waals surface area contributed by atoms with E-state index in [4.69, 9.17) is 4.52 Å². The number of nitrogens with zero attached hydrogens (tertiary/aromatic N) is 3. The van der Waals surface area contributed by atoms with E-state index < -0.39 is 12.5 Å². The third-order valence-electron chi connectivity index (χ3n) is 5.10. The van der Waals surface area contributed by atoms with E-state index in [0.29, 0.717) is 28.3 Å². The Hall–Kier alpha value is -3.22. The number of benzene rings is 1. The van der Waals surface area contributed by atoms with Gasteiger partial charge in [0.1, 0.15) is 6.54 Å². The second kappa shape index (κ2) is 7.66. The summed E-state index contributed by atoms with van der Waals surface area (Å²) in [7, 11) is 0. The Morgan fingerprint density at radius 1 is 1.24 bits per heavy atom. The second-order valence-corrected chi connectivity index (χ2v) is 7.81. The lowest BCUT2D eigenvalue weighted by Crippen LogP contribution is -2.35. The van der Waals surface area contributed by atoms with Crippen LogP contribution in [0.15, 0.2) is 40.9 Å². The molecule has 1 saturated carbocycles. The summed E-state index contributed by atoms with van der Waals surface area (Å²) in [5.41, 5.74) is 3.09. The van der Waals surface area contributed by atoms with Crippen molar-refractivity contribution in [2.24, 2.45) is 0 Å². The Morgan fingerprint density at radius 2 is 1.97 bits per heavy atom. The van der Waals surface area contributed by atoms with Gasteiger partial charge < -0.3 is 14.5 Å². The third kappa shape index (κ3) is 3.99. The van der Waals surface area contributed by atoms with Crippen LogP contribution in [0.3, 0.4) is 0 Å². The molecule has 7 heteroatoms. The lowest BCUT2D eigenvalue weighted by Gasteiger charge is -2.22. The zero-order valence-electron chi connectivity index (χ0n) is 16.5. The summed E-state index contributed by atoms with van der Waals surface area (Å²) in [6, 6.07) is 11.2. The average Bonchev–Trinajstić information content (AvgIpc) is 3.45. The van der Waals surface area contributed by atoms with Crippen LogP contribution in [0.2, 0.25) is 0 Å². The van der Waals surface area contributed by atoms with Gasteiger partial charge in [-0.3, -0.25) is 9.59 Å². The lowest BCUT2D eigenvalue weighted by molar-refractivity contribution is -0.137. The van der Waals surface area contributed by atoms with E-state index in [1.54, 1.807) is 6.07 Å². The molecule has 1 aliphatic rings. The molecule has 3 aromatic rings. The van der Waals surface area contributed by atoms with Crippen LogP contribution in [0, 0.1) is 0 Å². The maximum atomic E-state index is 13.5. The highest BCUT2D eigenvalue weighted by molar-refractivity contribution is 6.07. The van der Waals surface area contributed by atoms with Crippen LogP contribution >= 0.6 is 0 Å². The maximum absolute atomic E-state index is 13.5. The first-order chi connectivity index (χ1) is 13.9. The zero-order valence-corrected chi connectivity index (χ0v) is 16.5. The monoisotopic (exact) mass is 393 g/mol. The van der Waals surface area contributed by atoms with Crippen LogP contribution in [-0.2, 0) is 11.3 Å². The van der Waals surface area contributed by atoms with E-state index in [-0.39, 0.29) is 18.4 Å². The highest BCUT2D eigenvalue weighted by Crippen LogP contribution is 2.41. The first-order valence-corrected chi connectivity index (χ1v) is 9.79. The molecule has 2 heterocycles. The number of carbonyl (C=O) groups excluding carboxylic acids is 1. The normalized spacial score (nSPS) is 13.8. The number of amides is 1. The summed E-state index contributed by atoms with van der Waals surface area (Å²) in [6.45, 7) is 3.76. The van der Waals surface area contributed by atoms with Crippen LogP contribution in [-0.4, -0.2) is 38.6 Å². The molecule has 0 saturated heterocycles. The molecule has 1 aromatic carbocycles. The number of hydrogen-bond donors (Lipinski definition) is 1. The lowest BCUT2D eigenvalue weighted by atomic mass is 10.0. The molecular formula is C22H23N3O4. The molecule has 1 fully saturated rings. The largest absolute Gasteiger partial charge is 0.480 e. The van der Waals surface area contributed by atoms with E-state index in [2.05, 4.69) is 10.1 Å². The Kier molecular flexibility index (Phi) is 5.05. The van der Waals surface area contributed by atoms with Crippen LogP contribution in [0.4, 0.5) is 0 Å². The quantitative estimate of drug-likeness (QED) is 0.653. The van der Waals surface area contributed by atoms with Gasteiger partial charge in [-0.1, -0.05) is 49.3 Å². The topological polar surface area (TPSA) is 96.5 Å². The van der Waals surface area contributed by atoms with Crippen molar-refractivity contribution in [1.82, 2.24) is 15.0 Å². The van der Waals surface area contributed by atoms with Gasteiger partial charge in [-0.05, 0) is 30.4 Å². The van der Waals surface area contributed by atoms with Gasteiger partial charge in [-0.15, -0.1) is 0 Å². The van der Waals surface area contributed by atoms with Crippen LogP contribution < -0.4 is 0 Å². The number of carbonyl (C=O) groups is 2. The van der Waals surface area contributed by atoms with Gasteiger partial charge in [0.2, 0.25) is 0 Å². The molecule has 0 aliphatic heterocycles. The summed E-state index contributed by atoms with van der Waals surface area (Å²) in [5, 5.41) is 14.1. The molecule has 1 N–H and O–H groups in total. The fourth-order valence-corrected chi connectivity index (χ4v) is 3.48. The highest BCUT2D eigenvalue weighted by atomic mass is 16.5. The number of hydrogen-bond acceptors (Lipinski definition) is 5. The van der Waals surface area contributed by atoms with Crippen molar-refractivity contribution in [3.8, 4) is 0 Å². The van der Waals surface area contributed by atoms with Crippen molar-refractivity contribution < 1.29 is 19.2 Å².